The Hall–Kier alpha value is -2.26. The maximum absolute atomic E-state index is 11.9. The quantitative estimate of drug-likeness (QED) is 0.777. The van der Waals surface area contributed by atoms with Gasteiger partial charge in [0.1, 0.15) is 17.3 Å². The molecule has 0 saturated heterocycles. The van der Waals surface area contributed by atoms with Crippen LogP contribution in [-0.2, 0) is 20.4 Å². The molecule has 2 aromatic rings. The van der Waals surface area contributed by atoms with Gasteiger partial charge in [-0.1, -0.05) is 0 Å². The Morgan fingerprint density at radius 1 is 1.17 bits per heavy atom. The highest BCUT2D eigenvalue weighted by atomic mass is 32.2. The van der Waals surface area contributed by atoms with E-state index < -0.39 is 22.6 Å². The van der Waals surface area contributed by atoms with Gasteiger partial charge < -0.3 is 15.4 Å². The third kappa shape index (κ3) is 5.74. The van der Waals surface area contributed by atoms with Gasteiger partial charge in [-0.05, 0) is 31.2 Å². The second-order valence-electron chi connectivity index (χ2n) is 4.85. The summed E-state index contributed by atoms with van der Waals surface area (Å²) in [5.74, 6) is -0.688. The fourth-order valence-electron chi connectivity index (χ4n) is 1.78. The van der Waals surface area contributed by atoms with Crippen molar-refractivity contribution in [1.29, 1.82) is 0 Å². The molecule has 0 radical (unpaired) electrons. The van der Waals surface area contributed by atoms with Crippen LogP contribution >= 0.6 is 11.3 Å². The summed E-state index contributed by atoms with van der Waals surface area (Å²) in [7, 11) is -0.0482. The lowest BCUT2D eigenvalue weighted by Crippen LogP contribution is -2.26. The first-order chi connectivity index (χ1) is 11.5. The van der Waals surface area contributed by atoms with E-state index in [0.717, 1.165) is 5.69 Å². The van der Waals surface area contributed by atoms with Gasteiger partial charge in [0.05, 0.1) is 12.8 Å². The number of nitrogens with zero attached hydrogens (tertiary/aromatic N) is 1. The van der Waals surface area contributed by atoms with Crippen LogP contribution in [0.3, 0.4) is 0 Å². The molecule has 24 heavy (non-hydrogen) atoms. The van der Waals surface area contributed by atoms with Gasteiger partial charge in [0.15, 0.2) is 5.13 Å². The van der Waals surface area contributed by atoms with Crippen molar-refractivity contribution in [1.82, 2.24) is 4.98 Å². The Morgan fingerprint density at radius 2 is 1.79 bits per heavy atom. The number of benzene rings is 1. The Morgan fingerprint density at radius 3 is 2.33 bits per heavy atom. The van der Waals surface area contributed by atoms with E-state index in [9.17, 15) is 13.8 Å². The minimum atomic E-state index is -1.60. The largest absolute Gasteiger partial charge is 0.497 e. The van der Waals surface area contributed by atoms with Gasteiger partial charge in [0.2, 0.25) is 11.8 Å². The van der Waals surface area contributed by atoms with E-state index in [2.05, 4.69) is 15.6 Å². The molecule has 1 unspecified atom stereocenters. The molecule has 9 heteroatoms. The number of anilines is 2. The van der Waals surface area contributed by atoms with Gasteiger partial charge in [-0.3, -0.25) is 13.8 Å². The van der Waals surface area contributed by atoms with Crippen LogP contribution in [0.2, 0.25) is 0 Å². The minimum Gasteiger partial charge on any atom is -0.497 e. The molecule has 0 fully saturated rings. The van der Waals surface area contributed by atoms with E-state index >= 15 is 0 Å². The number of hydrogen-bond donors (Lipinski definition) is 2. The molecule has 1 aromatic heterocycles. The first-order valence-electron chi connectivity index (χ1n) is 6.97. The molecule has 0 bridgehead atoms. The third-order valence-corrected chi connectivity index (χ3v) is 4.87. The van der Waals surface area contributed by atoms with Crippen molar-refractivity contribution in [2.45, 2.75) is 6.92 Å². The van der Waals surface area contributed by atoms with E-state index in [1.54, 1.807) is 36.8 Å². The fourth-order valence-corrected chi connectivity index (χ4v) is 3.32. The van der Waals surface area contributed by atoms with Crippen molar-refractivity contribution >= 4 is 44.8 Å². The Kier molecular flexibility index (Phi) is 6.44. The smallest absolute Gasteiger partial charge is 0.238 e. The van der Waals surface area contributed by atoms with Gasteiger partial charge in [0.25, 0.3) is 0 Å². The van der Waals surface area contributed by atoms with Gasteiger partial charge in [-0.15, -0.1) is 11.3 Å². The summed E-state index contributed by atoms with van der Waals surface area (Å²) in [5, 5.41) is 7.44. The number of methoxy groups -OCH3 is 1. The van der Waals surface area contributed by atoms with E-state index in [1.165, 1.54) is 11.3 Å². The average molecular weight is 367 g/mol. The maximum atomic E-state index is 11.9. The molecule has 1 heterocycles. The molecular weight excluding hydrogens is 350 g/mol. The van der Waals surface area contributed by atoms with Crippen LogP contribution in [0.15, 0.2) is 29.6 Å². The maximum Gasteiger partial charge on any atom is 0.238 e. The number of hydrogen-bond acceptors (Lipinski definition) is 6. The molecule has 0 aliphatic rings. The topological polar surface area (TPSA) is 97.4 Å². The summed E-state index contributed by atoms with van der Waals surface area (Å²) in [6.45, 7) is 1.81. The van der Waals surface area contributed by atoms with E-state index in [1.807, 2.05) is 6.92 Å². The monoisotopic (exact) mass is 367 g/mol. The average Bonchev–Trinajstić information content (AvgIpc) is 2.92. The van der Waals surface area contributed by atoms with Crippen LogP contribution in [0.1, 0.15) is 5.69 Å². The molecule has 0 saturated carbocycles. The van der Waals surface area contributed by atoms with Crippen molar-refractivity contribution in [2.75, 3.05) is 29.2 Å². The number of aryl methyl sites for hydroxylation is 1. The predicted octanol–water partition coefficient (Wildman–Crippen LogP) is 1.79. The van der Waals surface area contributed by atoms with E-state index in [-0.39, 0.29) is 11.5 Å². The number of amides is 2. The number of thiazole rings is 1. The number of rotatable bonds is 7. The van der Waals surface area contributed by atoms with Crippen LogP contribution in [0.25, 0.3) is 0 Å². The second kappa shape index (κ2) is 8.55. The summed E-state index contributed by atoms with van der Waals surface area (Å²) in [6, 6.07) is 6.76. The molecule has 128 valence electrons. The van der Waals surface area contributed by atoms with Crippen LogP contribution in [0.5, 0.6) is 5.75 Å². The predicted molar refractivity (Wildman–Crippen MR) is 95.0 cm³/mol. The lowest BCUT2D eigenvalue weighted by Gasteiger charge is -2.06. The van der Waals surface area contributed by atoms with Crippen molar-refractivity contribution in [3.8, 4) is 5.75 Å². The number of carbonyl (C=O) groups is 2. The SMILES string of the molecule is COc1ccc(NC(=O)CS(=O)CC(=O)Nc2nc(C)cs2)cc1. The van der Waals surface area contributed by atoms with Crippen molar-refractivity contribution < 1.29 is 18.5 Å². The Labute approximate surface area is 145 Å². The molecule has 2 rings (SSSR count). The molecule has 7 nitrogen and oxygen atoms in total. The second-order valence-corrected chi connectivity index (χ2v) is 7.16. The molecule has 1 atom stereocenters. The highest BCUT2D eigenvalue weighted by molar-refractivity contribution is 7.86. The van der Waals surface area contributed by atoms with Crippen LogP contribution in [0, 0.1) is 6.92 Å². The van der Waals surface area contributed by atoms with Crippen molar-refractivity contribution in [2.24, 2.45) is 0 Å². The highest BCUT2D eigenvalue weighted by Crippen LogP contribution is 2.15. The fraction of sp³-hybridized carbons (Fsp3) is 0.267. The van der Waals surface area contributed by atoms with Gasteiger partial charge >= 0.3 is 0 Å². The number of nitrogens with one attached hydrogen (secondary N) is 2. The van der Waals surface area contributed by atoms with Gasteiger partial charge in [0, 0.05) is 21.9 Å². The number of aromatic nitrogens is 1. The van der Waals surface area contributed by atoms with Gasteiger partial charge in [-0.2, -0.15) is 0 Å². The third-order valence-electron chi connectivity index (χ3n) is 2.82. The van der Waals surface area contributed by atoms with Crippen LogP contribution in [-0.4, -0.2) is 39.6 Å². The summed E-state index contributed by atoms with van der Waals surface area (Å²) in [4.78, 5) is 27.7. The van der Waals surface area contributed by atoms with E-state index in [0.29, 0.717) is 16.6 Å². The number of carbonyl (C=O) groups excluding carboxylic acids is 2. The normalized spacial score (nSPS) is 11.6. The van der Waals surface area contributed by atoms with E-state index in [4.69, 9.17) is 4.74 Å². The standard InChI is InChI=1S/C15H17N3O4S2/c1-10-7-23-15(16-10)18-14(20)9-24(21)8-13(19)17-11-3-5-12(22-2)6-4-11/h3-7H,8-9H2,1-2H3,(H,17,19)(H,16,18,20). The van der Waals surface area contributed by atoms with Crippen molar-refractivity contribution in [3.63, 3.8) is 0 Å². The Bertz CT molecular complexity index is 743. The molecule has 0 spiro atoms. The van der Waals surface area contributed by atoms with Crippen LogP contribution < -0.4 is 15.4 Å². The molecule has 0 aliphatic carbocycles. The molecule has 1 aromatic carbocycles. The highest BCUT2D eigenvalue weighted by Gasteiger charge is 2.14. The lowest BCUT2D eigenvalue weighted by molar-refractivity contribution is -0.114. The number of ether oxygens (including phenoxy) is 1. The molecular formula is C15H17N3O4S2. The summed E-state index contributed by atoms with van der Waals surface area (Å²) in [5.41, 5.74) is 1.37. The zero-order chi connectivity index (χ0) is 17.5. The summed E-state index contributed by atoms with van der Waals surface area (Å²) in [6.07, 6.45) is 0. The molecule has 2 amide bonds. The summed E-state index contributed by atoms with van der Waals surface area (Å²) < 4.78 is 16.9. The van der Waals surface area contributed by atoms with Crippen LogP contribution in [0.4, 0.5) is 10.8 Å². The lowest BCUT2D eigenvalue weighted by atomic mass is 10.3. The van der Waals surface area contributed by atoms with Crippen molar-refractivity contribution in [3.05, 3.63) is 35.3 Å². The Balaban J connectivity index is 1.78. The first kappa shape index (κ1) is 18.1. The minimum absolute atomic E-state index is 0.254. The zero-order valence-corrected chi connectivity index (χ0v) is 14.8. The van der Waals surface area contributed by atoms with Gasteiger partial charge in [-0.25, -0.2) is 4.98 Å². The summed E-state index contributed by atoms with van der Waals surface area (Å²) >= 11 is 1.29. The first-order valence-corrected chi connectivity index (χ1v) is 9.34. The zero-order valence-electron chi connectivity index (χ0n) is 13.2. The molecule has 0 aliphatic heterocycles. The molecule has 2 N–H and O–H groups in total.